The number of hydrogen-bond donors (Lipinski definition) is 0. The van der Waals surface area contributed by atoms with Crippen LogP contribution in [0.1, 0.15) is 83.7 Å². The van der Waals surface area contributed by atoms with Gasteiger partial charge in [-0.1, -0.05) is 53.7 Å². The van der Waals surface area contributed by atoms with E-state index in [1.807, 2.05) is 0 Å². The molecular weight excluding hydrogens is 438 g/mol. The first-order valence-electron chi connectivity index (χ1n) is 12.6. The molecule has 1 aliphatic carbocycles. The Morgan fingerprint density at radius 2 is 1.58 bits per heavy atom. The average molecular weight is 486 g/mol. The van der Waals surface area contributed by atoms with Crippen LogP contribution in [0, 0.1) is 0 Å². The molecule has 1 aromatic carbocycles. The van der Waals surface area contributed by atoms with Gasteiger partial charge in [-0.3, -0.25) is 0 Å². The Balaban J connectivity index is 2.00. The standard InChI is InChI=1S/C28H47NO2Si2/c1-27(2,3)32(8,9)30-20-23-17-22-18-24-21(19-25(22)29(23)7)15-13-12-14-16-26(24)31-33(10,11)28(4,5)6/h13,15,17-19,26H,12,14,16,20H2,1-11H3. The highest BCUT2D eigenvalue weighted by molar-refractivity contribution is 6.74. The average Bonchev–Trinajstić information content (AvgIpc) is 2.96. The lowest BCUT2D eigenvalue weighted by molar-refractivity contribution is 0.171. The molecule has 5 heteroatoms. The lowest BCUT2D eigenvalue weighted by atomic mass is 9.94. The van der Waals surface area contributed by atoms with Crippen molar-refractivity contribution >= 4 is 33.6 Å². The number of allylic oxidation sites excluding steroid dienone is 1. The molecule has 33 heavy (non-hydrogen) atoms. The highest BCUT2D eigenvalue weighted by atomic mass is 28.4. The molecule has 0 fully saturated rings. The summed E-state index contributed by atoms with van der Waals surface area (Å²) in [7, 11) is -1.49. The molecule has 0 spiro atoms. The maximum absolute atomic E-state index is 7.00. The van der Waals surface area contributed by atoms with Crippen molar-refractivity contribution in [3.05, 3.63) is 41.1 Å². The molecule has 184 valence electrons. The first-order chi connectivity index (χ1) is 15.0. The van der Waals surface area contributed by atoms with Crippen LogP contribution >= 0.6 is 0 Å². The normalized spacial score (nSPS) is 18.3. The third-order valence-electron chi connectivity index (χ3n) is 8.46. The van der Waals surface area contributed by atoms with Gasteiger partial charge < -0.3 is 13.4 Å². The summed E-state index contributed by atoms with van der Waals surface area (Å²) in [5, 5.41) is 1.71. The second-order valence-electron chi connectivity index (χ2n) is 13.0. The van der Waals surface area contributed by atoms with Crippen molar-refractivity contribution in [2.75, 3.05) is 0 Å². The number of fused-ring (bicyclic) bond motifs is 2. The topological polar surface area (TPSA) is 23.4 Å². The van der Waals surface area contributed by atoms with Crippen LogP contribution in [0.25, 0.3) is 17.0 Å². The van der Waals surface area contributed by atoms with Gasteiger partial charge in [0.2, 0.25) is 0 Å². The Bertz CT molecular complexity index is 1020. The Labute approximate surface area is 204 Å². The predicted octanol–water partition coefficient (Wildman–Crippen LogP) is 8.96. The molecule has 0 bridgehead atoms. The number of aromatic nitrogens is 1. The van der Waals surface area contributed by atoms with Crippen LogP contribution in [-0.4, -0.2) is 21.2 Å². The van der Waals surface area contributed by atoms with Crippen LogP contribution in [-0.2, 0) is 22.5 Å². The molecule has 1 atom stereocenters. The molecule has 1 unspecified atom stereocenters. The molecule has 0 radical (unpaired) electrons. The summed E-state index contributed by atoms with van der Waals surface area (Å²) in [6.07, 6.45) is 8.19. The maximum atomic E-state index is 7.00. The van der Waals surface area contributed by atoms with E-state index in [1.54, 1.807) is 0 Å². The van der Waals surface area contributed by atoms with Crippen LogP contribution in [0.15, 0.2) is 24.3 Å². The van der Waals surface area contributed by atoms with E-state index in [-0.39, 0.29) is 16.2 Å². The number of hydrogen-bond acceptors (Lipinski definition) is 2. The summed E-state index contributed by atoms with van der Waals surface area (Å²) >= 11 is 0. The number of aryl methyl sites for hydroxylation is 1. The molecule has 3 nitrogen and oxygen atoms in total. The zero-order chi connectivity index (χ0) is 24.8. The SMILES string of the molecule is Cn1c(CO[Si](C)(C)C(C)(C)C)cc2cc3c(cc21)C=CCCCC3O[Si](C)(C)C(C)(C)C. The van der Waals surface area contributed by atoms with Gasteiger partial charge >= 0.3 is 0 Å². The van der Waals surface area contributed by atoms with Crippen LogP contribution in [0.3, 0.4) is 0 Å². The fourth-order valence-electron chi connectivity index (χ4n) is 3.95. The molecule has 0 N–H and O–H groups in total. The highest BCUT2D eigenvalue weighted by Crippen LogP contribution is 2.43. The lowest BCUT2D eigenvalue weighted by Gasteiger charge is -2.40. The minimum atomic E-state index is -1.87. The summed E-state index contributed by atoms with van der Waals surface area (Å²) in [6, 6.07) is 7.09. The molecule has 2 aromatic rings. The van der Waals surface area contributed by atoms with Crippen molar-refractivity contribution in [3.63, 3.8) is 0 Å². The van der Waals surface area contributed by atoms with Gasteiger partial charge in [0.25, 0.3) is 0 Å². The number of benzene rings is 1. The Morgan fingerprint density at radius 1 is 0.939 bits per heavy atom. The van der Waals surface area contributed by atoms with E-state index in [9.17, 15) is 0 Å². The molecule has 1 aliphatic rings. The molecule has 0 saturated heterocycles. The first-order valence-corrected chi connectivity index (χ1v) is 18.5. The van der Waals surface area contributed by atoms with Gasteiger partial charge in [0.15, 0.2) is 16.6 Å². The van der Waals surface area contributed by atoms with Gasteiger partial charge in [0.1, 0.15) is 0 Å². The molecule has 1 aromatic heterocycles. The van der Waals surface area contributed by atoms with Gasteiger partial charge in [-0.25, -0.2) is 0 Å². The van der Waals surface area contributed by atoms with Crippen molar-refractivity contribution in [1.82, 2.24) is 4.57 Å². The number of nitrogens with zero attached hydrogens (tertiary/aromatic N) is 1. The molecule has 1 heterocycles. The second kappa shape index (κ2) is 9.14. The third kappa shape index (κ3) is 5.58. The maximum Gasteiger partial charge on any atom is 0.192 e. The van der Waals surface area contributed by atoms with E-state index >= 15 is 0 Å². The summed E-state index contributed by atoms with van der Waals surface area (Å²) in [5.41, 5.74) is 5.19. The quantitative estimate of drug-likeness (QED) is 0.394. The van der Waals surface area contributed by atoms with Gasteiger partial charge in [-0.2, -0.15) is 0 Å². The largest absolute Gasteiger partial charge is 0.411 e. The molecule has 3 rings (SSSR count). The minimum absolute atomic E-state index is 0.169. The van der Waals surface area contributed by atoms with E-state index in [2.05, 4.69) is 110 Å². The van der Waals surface area contributed by atoms with Crippen LogP contribution in [0.5, 0.6) is 0 Å². The van der Waals surface area contributed by atoms with Gasteiger partial charge in [0, 0.05) is 23.6 Å². The summed E-state index contributed by atoms with van der Waals surface area (Å²) in [4.78, 5) is 0. The first kappa shape index (κ1) is 26.5. The summed E-state index contributed by atoms with van der Waals surface area (Å²) in [5.74, 6) is 0. The van der Waals surface area contributed by atoms with Crippen molar-refractivity contribution in [1.29, 1.82) is 0 Å². The van der Waals surface area contributed by atoms with Crippen molar-refractivity contribution < 1.29 is 8.85 Å². The van der Waals surface area contributed by atoms with E-state index in [0.29, 0.717) is 6.61 Å². The Hall–Kier alpha value is -1.15. The highest BCUT2D eigenvalue weighted by Gasteiger charge is 2.40. The van der Waals surface area contributed by atoms with Crippen LogP contribution in [0.2, 0.25) is 36.3 Å². The minimum Gasteiger partial charge on any atom is -0.411 e. The molecule has 0 amide bonds. The fourth-order valence-corrected chi connectivity index (χ4v) is 6.20. The Kier molecular flexibility index (Phi) is 7.33. The van der Waals surface area contributed by atoms with Crippen LogP contribution in [0.4, 0.5) is 0 Å². The van der Waals surface area contributed by atoms with Gasteiger partial charge in [-0.15, -0.1) is 0 Å². The summed E-state index contributed by atoms with van der Waals surface area (Å²) < 4.78 is 15.9. The predicted molar refractivity (Wildman–Crippen MR) is 149 cm³/mol. The smallest absolute Gasteiger partial charge is 0.192 e. The fraction of sp³-hybridized carbons (Fsp3) is 0.643. The van der Waals surface area contributed by atoms with Gasteiger partial charge in [-0.05, 0) is 84.9 Å². The van der Waals surface area contributed by atoms with E-state index in [1.165, 1.54) is 34.1 Å². The second-order valence-corrected chi connectivity index (χ2v) is 22.5. The zero-order valence-corrected chi connectivity index (χ0v) is 25.1. The van der Waals surface area contributed by atoms with E-state index < -0.39 is 16.6 Å². The van der Waals surface area contributed by atoms with E-state index in [0.717, 1.165) is 12.8 Å². The number of rotatable bonds is 5. The molecule has 0 aliphatic heterocycles. The lowest BCUT2D eigenvalue weighted by Crippen LogP contribution is -2.42. The molecular formula is C28H47NO2Si2. The zero-order valence-electron chi connectivity index (χ0n) is 23.1. The van der Waals surface area contributed by atoms with Crippen molar-refractivity contribution in [2.45, 2.75) is 110 Å². The Morgan fingerprint density at radius 3 is 2.18 bits per heavy atom. The van der Waals surface area contributed by atoms with Crippen molar-refractivity contribution in [3.8, 4) is 0 Å². The van der Waals surface area contributed by atoms with E-state index in [4.69, 9.17) is 8.85 Å². The summed E-state index contributed by atoms with van der Waals surface area (Å²) in [6.45, 7) is 24.0. The monoisotopic (exact) mass is 485 g/mol. The third-order valence-corrected chi connectivity index (χ3v) is 17.4. The van der Waals surface area contributed by atoms with Gasteiger partial charge in [0.05, 0.1) is 12.7 Å². The van der Waals surface area contributed by atoms with Crippen LogP contribution < -0.4 is 0 Å². The molecule has 0 saturated carbocycles. The van der Waals surface area contributed by atoms with Crippen molar-refractivity contribution in [2.24, 2.45) is 7.05 Å².